The summed E-state index contributed by atoms with van der Waals surface area (Å²) in [7, 11) is 0. The summed E-state index contributed by atoms with van der Waals surface area (Å²) in [6.45, 7) is 3.26. The van der Waals surface area contributed by atoms with Gasteiger partial charge in [0.2, 0.25) is 0 Å². The number of hydrogen-bond acceptors (Lipinski definition) is 2. The molecular formula is C12H13ClO3. The number of carbonyl (C=O) groups is 2. The fourth-order valence-electron chi connectivity index (χ4n) is 1.52. The molecule has 86 valence electrons. The second-order valence-electron chi connectivity index (χ2n) is 3.75. The molecule has 0 spiro atoms. The van der Waals surface area contributed by atoms with Gasteiger partial charge in [-0.25, -0.2) is 0 Å². The van der Waals surface area contributed by atoms with E-state index in [9.17, 15) is 9.59 Å². The topological polar surface area (TPSA) is 54.4 Å². The lowest BCUT2D eigenvalue weighted by atomic mass is 9.98. The number of carboxylic acids is 1. The van der Waals surface area contributed by atoms with Crippen molar-refractivity contribution in [1.29, 1.82) is 0 Å². The zero-order chi connectivity index (χ0) is 12.3. The van der Waals surface area contributed by atoms with E-state index in [0.717, 1.165) is 5.56 Å². The number of rotatable bonds is 4. The number of Topliss-reactive ketones (excluding diaryl/α,β-unsaturated/α-hetero) is 1. The maximum absolute atomic E-state index is 11.2. The third-order valence-corrected chi connectivity index (χ3v) is 2.81. The van der Waals surface area contributed by atoms with Crippen molar-refractivity contribution in [3.05, 3.63) is 34.9 Å². The summed E-state index contributed by atoms with van der Waals surface area (Å²) in [4.78, 5) is 21.9. The van der Waals surface area contributed by atoms with Gasteiger partial charge >= 0.3 is 5.97 Å². The van der Waals surface area contributed by atoms with Crippen molar-refractivity contribution in [2.75, 3.05) is 0 Å². The molecule has 1 atom stereocenters. The maximum Gasteiger partial charge on any atom is 0.307 e. The van der Waals surface area contributed by atoms with E-state index in [1.165, 1.54) is 6.92 Å². The average Bonchev–Trinajstić information content (AvgIpc) is 2.15. The van der Waals surface area contributed by atoms with Gasteiger partial charge in [-0.1, -0.05) is 23.8 Å². The second kappa shape index (κ2) is 5.12. The Morgan fingerprint density at radius 1 is 1.44 bits per heavy atom. The number of benzene rings is 1. The first kappa shape index (κ1) is 12.7. The predicted molar refractivity (Wildman–Crippen MR) is 61.8 cm³/mol. The smallest absolute Gasteiger partial charge is 0.307 e. The van der Waals surface area contributed by atoms with Gasteiger partial charge in [-0.15, -0.1) is 11.6 Å². The number of alkyl halides is 1. The summed E-state index contributed by atoms with van der Waals surface area (Å²) in [5.41, 5.74) is 2.14. The SMILES string of the molecule is CC(=O)C(Cl)c1ccc(C)cc1CC(=O)O. The number of halogens is 1. The molecule has 0 bridgehead atoms. The number of ketones is 1. The number of carbonyl (C=O) groups excluding carboxylic acids is 1. The molecule has 1 N–H and O–H groups in total. The molecule has 0 saturated carbocycles. The average molecular weight is 241 g/mol. The minimum atomic E-state index is -0.931. The number of aryl methyl sites for hydroxylation is 1. The van der Waals surface area contributed by atoms with Crippen LogP contribution in [0.2, 0.25) is 0 Å². The minimum absolute atomic E-state index is 0.118. The van der Waals surface area contributed by atoms with Crippen LogP contribution in [0.5, 0.6) is 0 Å². The van der Waals surface area contributed by atoms with E-state index < -0.39 is 11.3 Å². The number of hydrogen-bond donors (Lipinski definition) is 1. The van der Waals surface area contributed by atoms with Gasteiger partial charge < -0.3 is 5.11 Å². The van der Waals surface area contributed by atoms with Crippen molar-refractivity contribution in [2.24, 2.45) is 0 Å². The molecule has 0 amide bonds. The first-order valence-electron chi connectivity index (χ1n) is 4.87. The summed E-state index contributed by atoms with van der Waals surface area (Å²) in [6, 6.07) is 5.29. The summed E-state index contributed by atoms with van der Waals surface area (Å²) in [5, 5.41) is 8.01. The van der Waals surface area contributed by atoms with Crippen LogP contribution in [0, 0.1) is 6.92 Å². The predicted octanol–water partition coefficient (Wildman–Crippen LogP) is 2.49. The molecule has 0 fully saturated rings. The lowest BCUT2D eigenvalue weighted by Crippen LogP contribution is -2.09. The molecule has 3 nitrogen and oxygen atoms in total. The van der Waals surface area contributed by atoms with Gasteiger partial charge in [0.15, 0.2) is 5.78 Å². The first-order valence-corrected chi connectivity index (χ1v) is 5.31. The summed E-state index contributed by atoms with van der Waals surface area (Å²) in [5.74, 6) is -1.11. The van der Waals surface area contributed by atoms with E-state index in [2.05, 4.69) is 0 Å². The molecule has 1 rings (SSSR count). The van der Waals surface area contributed by atoms with Crippen LogP contribution in [0.3, 0.4) is 0 Å². The van der Waals surface area contributed by atoms with Gasteiger partial charge in [-0.3, -0.25) is 9.59 Å². The molecule has 0 aliphatic carbocycles. The molecule has 0 aromatic heterocycles. The van der Waals surface area contributed by atoms with E-state index in [1.807, 2.05) is 13.0 Å². The molecule has 0 aliphatic rings. The molecule has 1 aromatic rings. The fourth-order valence-corrected chi connectivity index (χ4v) is 1.73. The van der Waals surface area contributed by atoms with E-state index in [4.69, 9.17) is 16.7 Å². The molecule has 0 radical (unpaired) electrons. The first-order chi connectivity index (χ1) is 7.41. The largest absolute Gasteiger partial charge is 0.481 e. The van der Waals surface area contributed by atoms with E-state index >= 15 is 0 Å². The molecule has 0 heterocycles. The molecule has 16 heavy (non-hydrogen) atoms. The van der Waals surface area contributed by atoms with Gasteiger partial charge in [0, 0.05) is 0 Å². The molecule has 0 saturated heterocycles. The maximum atomic E-state index is 11.2. The Hall–Kier alpha value is -1.35. The minimum Gasteiger partial charge on any atom is -0.481 e. The Morgan fingerprint density at radius 3 is 2.56 bits per heavy atom. The summed E-state index contributed by atoms with van der Waals surface area (Å²) < 4.78 is 0. The highest BCUT2D eigenvalue weighted by atomic mass is 35.5. The Bertz CT molecular complexity index is 426. The second-order valence-corrected chi connectivity index (χ2v) is 4.18. The molecule has 1 unspecified atom stereocenters. The van der Waals surface area contributed by atoms with Gasteiger partial charge in [-0.2, -0.15) is 0 Å². The van der Waals surface area contributed by atoms with Gasteiger partial charge in [0.05, 0.1) is 6.42 Å². The molecule has 1 aromatic carbocycles. The Labute approximate surface area is 99.0 Å². The van der Waals surface area contributed by atoms with Crippen LogP contribution < -0.4 is 0 Å². The van der Waals surface area contributed by atoms with Crippen LogP contribution in [-0.4, -0.2) is 16.9 Å². The Morgan fingerprint density at radius 2 is 2.06 bits per heavy atom. The van der Waals surface area contributed by atoms with Crippen LogP contribution in [0.4, 0.5) is 0 Å². The van der Waals surface area contributed by atoms with E-state index in [0.29, 0.717) is 11.1 Å². The zero-order valence-corrected chi connectivity index (χ0v) is 9.91. The van der Waals surface area contributed by atoms with E-state index in [-0.39, 0.29) is 12.2 Å². The number of aliphatic carboxylic acids is 1. The fraction of sp³-hybridized carbons (Fsp3) is 0.333. The van der Waals surface area contributed by atoms with Crippen LogP contribution in [0.15, 0.2) is 18.2 Å². The normalized spacial score (nSPS) is 12.2. The molecular weight excluding hydrogens is 228 g/mol. The van der Waals surface area contributed by atoms with Gasteiger partial charge in [0.1, 0.15) is 5.38 Å². The van der Waals surface area contributed by atoms with Crippen molar-refractivity contribution in [1.82, 2.24) is 0 Å². The van der Waals surface area contributed by atoms with Gasteiger partial charge in [0.25, 0.3) is 0 Å². The van der Waals surface area contributed by atoms with Crippen molar-refractivity contribution in [2.45, 2.75) is 25.6 Å². The standard InChI is InChI=1S/C12H13ClO3/c1-7-3-4-10(12(13)8(2)14)9(5-7)6-11(15)16/h3-5,12H,6H2,1-2H3,(H,15,16). The Kier molecular flexibility index (Phi) is 4.07. The monoisotopic (exact) mass is 240 g/mol. The van der Waals surface area contributed by atoms with Crippen LogP contribution in [-0.2, 0) is 16.0 Å². The van der Waals surface area contributed by atoms with E-state index in [1.54, 1.807) is 12.1 Å². The summed E-state index contributed by atoms with van der Waals surface area (Å²) in [6.07, 6.45) is -0.118. The highest BCUT2D eigenvalue weighted by Gasteiger charge is 2.18. The third kappa shape index (κ3) is 3.07. The van der Waals surface area contributed by atoms with Gasteiger partial charge in [-0.05, 0) is 25.0 Å². The summed E-state index contributed by atoms with van der Waals surface area (Å²) >= 11 is 5.94. The quantitative estimate of drug-likeness (QED) is 0.823. The lowest BCUT2D eigenvalue weighted by molar-refractivity contribution is -0.136. The van der Waals surface area contributed by atoms with Crippen molar-refractivity contribution in [3.63, 3.8) is 0 Å². The van der Waals surface area contributed by atoms with Crippen molar-refractivity contribution < 1.29 is 14.7 Å². The van der Waals surface area contributed by atoms with Crippen LogP contribution in [0.25, 0.3) is 0 Å². The molecule has 0 aliphatic heterocycles. The highest BCUT2D eigenvalue weighted by Crippen LogP contribution is 2.26. The Balaban J connectivity index is 3.16. The number of carboxylic acid groups (broad SMARTS) is 1. The van der Waals surface area contributed by atoms with Crippen molar-refractivity contribution in [3.8, 4) is 0 Å². The third-order valence-electron chi connectivity index (χ3n) is 2.27. The van der Waals surface area contributed by atoms with Crippen LogP contribution >= 0.6 is 11.6 Å². The van der Waals surface area contributed by atoms with Crippen molar-refractivity contribution >= 4 is 23.4 Å². The highest BCUT2D eigenvalue weighted by molar-refractivity contribution is 6.30. The zero-order valence-electron chi connectivity index (χ0n) is 9.16. The lowest BCUT2D eigenvalue weighted by Gasteiger charge is -2.12. The molecule has 4 heteroatoms. The van der Waals surface area contributed by atoms with Crippen LogP contribution in [0.1, 0.15) is 29.0 Å².